The summed E-state index contributed by atoms with van der Waals surface area (Å²) in [5.41, 5.74) is 1.01. The predicted octanol–water partition coefficient (Wildman–Crippen LogP) is 2.39. The van der Waals surface area contributed by atoms with Crippen LogP contribution in [-0.4, -0.2) is 30.5 Å². The van der Waals surface area contributed by atoms with Crippen molar-refractivity contribution in [2.75, 3.05) is 13.6 Å². The van der Waals surface area contributed by atoms with Crippen LogP contribution in [0.25, 0.3) is 11.3 Å². The lowest BCUT2D eigenvalue weighted by Gasteiger charge is -2.10. The highest BCUT2D eigenvalue weighted by Gasteiger charge is 2.08. The topological polar surface area (TPSA) is 67.2 Å². The first-order valence-corrected chi connectivity index (χ1v) is 7.63. The van der Waals surface area contributed by atoms with E-state index in [1.54, 1.807) is 6.20 Å². The molecule has 2 aromatic rings. The molecule has 0 saturated heterocycles. The molecule has 5 heteroatoms. The molecule has 5 nitrogen and oxygen atoms in total. The minimum atomic E-state index is 0.0666. The maximum atomic E-state index is 11.7. The van der Waals surface area contributed by atoms with Crippen molar-refractivity contribution in [3.8, 4) is 11.3 Å². The molecular formula is C17H23N3O2. The van der Waals surface area contributed by atoms with Gasteiger partial charge in [0.05, 0.1) is 6.20 Å². The number of aryl methyl sites for hydroxylation is 1. The first-order chi connectivity index (χ1) is 10.7. The zero-order valence-corrected chi connectivity index (χ0v) is 13.1. The van der Waals surface area contributed by atoms with Gasteiger partial charge in [0.1, 0.15) is 0 Å². The van der Waals surface area contributed by atoms with E-state index in [2.05, 4.69) is 15.6 Å². The molecule has 1 aromatic heterocycles. The Morgan fingerprint density at radius 1 is 1.32 bits per heavy atom. The van der Waals surface area contributed by atoms with Gasteiger partial charge < -0.3 is 15.1 Å². The van der Waals surface area contributed by atoms with E-state index < -0.39 is 0 Å². The van der Waals surface area contributed by atoms with Crippen molar-refractivity contribution in [3.63, 3.8) is 0 Å². The Bertz CT molecular complexity index is 581. The molecule has 0 aliphatic heterocycles. The van der Waals surface area contributed by atoms with Crippen molar-refractivity contribution < 1.29 is 9.21 Å². The quantitative estimate of drug-likeness (QED) is 0.785. The highest BCUT2D eigenvalue weighted by molar-refractivity contribution is 5.75. The highest BCUT2D eigenvalue weighted by Crippen LogP contribution is 2.20. The van der Waals surface area contributed by atoms with Crippen molar-refractivity contribution in [2.24, 2.45) is 0 Å². The summed E-state index contributed by atoms with van der Waals surface area (Å²) in [7, 11) is 1.88. The van der Waals surface area contributed by atoms with Crippen LogP contribution < -0.4 is 10.6 Å². The largest absolute Gasteiger partial charge is 0.441 e. The number of nitrogens with zero attached hydrogens (tertiary/aromatic N) is 1. The van der Waals surface area contributed by atoms with Crippen LogP contribution in [0.5, 0.6) is 0 Å². The van der Waals surface area contributed by atoms with E-state index in [-0.39, 0.29) is 11.9 Å². The first kappa shape index (κ1) is 16.2. The maximum Gasteiger partial charge on any atom is 0.220 e. The van der Waals surface area contributed by atoms with Gasteiger partial charge in [0.25, 0.3) is 0 Å². The Morgan fingerprint density at radius 2 is 2.09 bits per heavy atom. The van der Waals surface area contributed by atoms with Crippen LogP contribution in [0.1, 0.15) is 25.7 Å². The number of carbonyl (C=O) groups is 1. The highest BCUT2D eigenvalue weighted by atomic mass is 16.4. The Hall–Kier alpha value is -2.14. The number of hydrogen-bond donors (Lipinski definition) is 2. The Balaban J connectivity index is 1.74. The summed E-state index contributed by atoms with van der Waals surface area (Å²) in [5.74, 6) is 1.51. The van der Waals surface area contributed by atoms with Crippen LogP contribution >= 0.6 is 0 Å². The van der Waals surface area contributed by atoms with Crippen LogP contribution in [0.15, 0.2) is 40.9 Å². The van der Waals surface area contributed by atoms with E-state index in [4.69, 9.17) is 4.42 Å². The lowest BCUT2D eigenvalue weighted by Crippen LogP contribution is -2.37. The first-order valence-electron chi connectivity index (χ1n) is 7.63. The molecule has 2 rings (SSSR count). The van der Waals surface area contributed by atoms with Gasteiger partial charge in [0.15, 0.2) is 11.7 Å². The number of likely N-dealkylation sites (N-methyl/N-ethyl adjacent to an activating group) is 1. The number of rotatable bonds is 8. The second-order valence-corrected chi connectivity index (χ2v) is 5.33. The van der Waals surface area contributed by atoms with Crippen LogP contribution in [0.4, 0.5) is 0 Å². The molecular weight excluding hydrogens is 278 g/mol. The SMILES string of the molecule is CNC(C)CNC(=O)CCCc1ncc(-c2ccccc2)o1. The van der Waals surface area contributed by atoms with Crippen molar-refractivity contribution in [1.82, 2.24) is 15.6 Å². The molecule has 1 amide bonds. The van der Waals surface area contributed by atoms with E-state index in [0.717, 1.165) is 17.7 Å². The zero-order chi connectivity index (χ0) is 15.8. The fourth-order valence-electron chi connectivity index (χ4n) is 2.02. The minimum Gasteiger partial charge on any atom is -0.441 e. The minimum absolute atomic E-state index is 0.0666. The summed E-state index contributed by atoms with van der Waals surface area (Å²) in [5, 5.41) is 5.98. The average Bonchev–Trinajstić information content (AvgIpc) is 3.02. The van der Waals surface area contributed by atoms with E-state index in [9.17, 15) is 4.79 Å². The van der Waals surface area contributed by atoms with Gasteiger partial charge in [-0.15, -0.1) is 0 Å². The molecule has 1 atom stereocenters. The van der Waals surface area contributed by atoms with Crippen LogP contribution in [0, 0.1) is 0 Å². The van der Waals surface area contributed by atoms with Gasteiger partial charge in [-0.2, -0.15) is 0 Å². The normalized spacial score (nSPS) is 12.1. The summed E-state index contributed by atoms with van der Waals surface area (Å²) < 4.78 is 5.71. The van der Waals surface area contributed by atoms with Gasteiger partial charge in [0.2, 0.25) is 5.91 Å². The molecule has 0 aliphatic rings. The third-order valence-corrected chi connectivity index (χ3v) is 3.50. The Morgan fingerprint density at radius 3 is 2.82 bits per heavy atom. The summed E-state index contributed by atoms with van der Waals surface area (Å²) >= 11 is 0. The Kier molecular flexibility index (Phi) is 6.15. The van der Waals surface area contributed by atoms with E-state index in [1.165, 1.54) is 0 Å². The number of carbonyl (C=O) groups excluding carboxylic acids is 1. The zero-order valence-electron chi connectivity index (χ0n) is 13.1. The number of aromatic nitrogens is 1. The van der Waals surface area contributed by atoms with Crippen molar-refractivity contribution in [3.05, 3.63) is 42.4 Å². The van der Waals surface area contributed by atoms with Gasteiger partial charge in [-0.25, -0.2) is 4.98 Å². The average molecular weight is 301 g/mol. The molecule has 0 fully saturated rings. The molecule has 0 bridgehead atoms. The van der Waals surface area contributed by atoms with Crippen LogP contribution in [-0.2, 0) is 11.2 Å². The number of hydrogen-bond acceptors (Lipinski definition) is 4. The third-order valence-electron chi connectivity index (χ3n) is 3.50. The van der Waals surface area contributed by atoms with Crippen LogP contribution in [0.2, 0.25) is 0 Å². The predicted molar refractivity (Wildman–Crippen MR) is 86.4 cm³/mol. The molecule has 22 heavy (non-hydrogen) atoms. The molecule has 0 aliphatic carbocycles. The molecule has 1 heterocycles. The number of amides is 1. The number of oxazole rings is 1. The molecule has 1 aromatic carbocycles. The number of nitrogens with one attached hydrogen (secondary N) is 2. The smallest absolute Gasteiger partial charge is 0.220 e. The molecule has 2 N–H and O–H groups in total. The molecule has 0 saturated carbocycles. The molecule has 1 unspecified atom stereocenters. The van der Waals surface area contributed by atoms with E-state index >= 15 is 0 Å². The van der Waals surface area contributed by atoms with Gasteiger partial charge >= 0.3 is 0 Å². The van der Waals surface area contributed by atoms with Crippen molar-refractivity contribution in [1.29, 1.82) is 0 Å². The standard InChI is InChI=1S/C17H23N3O2/c1-13(18-2)11-19-16(21)9-6-10-17-20-12-15(22-17)14-7-4-3-5-8-14/h3-5,7-8,12-13,18H,6,9-11H2,1-2H3,(H,19,21). The lowest BCUT2D eigenvalue weighted by atomic mass is 10.2. The summed E-state index contributed by atoms with van der Waals surface area (Å²) in [6, 6.07) is 10.2. The molecule has 0 spiro atoms. The number of benzene rings is 1. The Labute approximate surface area is 131 Å². The lowest BCUT2D eigenvalue weighted by molar-refractivity contribution is -0.121. The van der Waals surface area contributed by atoms with E-state index in [0.29, 0.717) is 25.3 Å². The van der Waals surface area contributed by atoms with Crippen LogP contribution in [0.3, 0.4) is 0 Å². The fourth-order valence-corrected chi connectivity index (χ4v) is 2.02. The van der Waals surface area contributed by atoms with Gasteiger partial charge in [-0.1, -0.05) is 30.3 Å². The van der Waals surface area contributed by atoms with Gasteiger partial charge in [-0.3, -0.25) is 4.79 Å². The van der Waals surface area contributed by atoms with Gasteiger partial charge in [-0.05, 0) is 20.4 Å². The molecule has 0 radical (unpaired) electrons. The summed E-state index contributed by atoms with van der Waals surface area (Å²) in [6.07, 6.45) is 3.62. The monoisotopic (exact) mass is 301 g/mol. The van der Waals surface area contributed by atoms with E-state index in [1.807, 2.05) is 44.3 Å². The summed E-state index contributed by atoms with van der Waals surface area (Å²) in [4.78, 5) is 16.0. The maximum absolute atomic E-state index is 11.7. The second kappa shape index (κ2) is 8.34. The van der Waals surface area contributed by atoms with Gasteiger partial charge in [0, 0.05) is 31.0 Å². The third kappa shape index (κ3) is 5.00. The van der Waals surface area contributed by atoms with Crippen molar-refractivity contribution in [2.45, 2.75) is 32.2 Å². The van der Waals surface area contributed by atoms with Crippen molar-refractivity contribution >= 4 is 5.91 Å². The molecule has 118 valence electrons. The summed E-state index contributed by atoms with van der Waals surface area (Å²) in [6.45, 7) is 2.67. The fraction of sp³-hybridized carbons (Fsp3) is 0.412. The second-order valence-electron chi connectivity index (χ2n) is 5.33.